The van der Waals surface area contributed by atoms with Gasteiger partial charge in [-0.3, -0.25) is 0 Å². The maximum atomic E-state index is 6.15. The molecule has 1 unspecified atom stereocenters. The van der Waals surface area contributed by atoms with Crippen LogP contribution in [-0.2, 0) is 0 Å². The maximum Gasteiger partial charge on any atom is 0.0521 e. The Hall–Kier alpha value is -0.800. The summed E-state index contributed by atoms with van der Waals surface area (Å²) in [6, 6.07) is 0.104. The fourth-order valence-electron chi connectivity index (χ4n) is 1.58. The summed E-state index contributed by atoms with van der Waals surface area (Å²) in [7, 11) is 0. The van der Waals surface area contributed by atoms with Gasteiger partial charge in [0.1, 0.15) is 0 Å². The molecule has 0 aromatic rings. The van der Waals surface area contributed by atoms with Gasteiger partial charge in [-0.25, -0.2) is 0 Å². The Bertz CT molecular complexity index is 212. The fourth-order valence-corrected chi connectivity index (χ4v) is 1.58. The summed E-state index contributed by atoms with van der Waals surface area (Å²) in [6.07, 6.45) is 4.25. The van der Waals surface area contributed by atoms with E-state index in [1.165, 1.54) is 0 Å². The first-order valence-electron chi connectivity index (χ1n) is 5.22. The van der Waals surface area contributed by atoms with Crippen LogP contribution in [0, 0.1) is 0 Å². The van der Waals surface area contributed by atoms with E-state index in [4.69, 9.17) is 11.5 Å². The number of rotatable bonds is 6. The molecule has 4 N–H and O–H groups in total. The molecule has 0 bridgehead atoms. The summed E-state index contributed by atoms with van der Waals surface area (Å²) in [5.41, 5.74) is 11.6. The van der Waals surface area contributed by atoms with Gasteiger partial charge in [-0.15, -0.1) is 0 Å². The van der Waals surface area contributed by atoms with Gasteiger partial charge in [0, 0.05) is 11.1 Å². The van der Waals surface area contributed by atoms with Gasteiger partial charge in [-0.2, -0.15) is 0 Å². The Morgan fingerprint density at radius 2 is 1.53 bits per heavy atom. The predicted octanol–water partition coefficient (Wildman–Crippen LogP) is 1.81. The van der Waals surface area contributed by atoms with Crippen LogP contribution >= 0.6 is 0 Å². The Morgan fingerprint density at radius 1 is 1.13 bits per heavy atom. The molecule has 0 amide bonds. The molecule has 0 fully saturated rings. The molecule has 0 aliphatic heterocycles. The van der Waals surface area contributed by atoms with Crippen LogP contribution in [-0.4, -0.2) is 22.0 Å². The lowest BCUT2D eigenvalue weighted by Crippen LogP contribution is -2.55. The molecular weight excluding hydrogens is 186 g/mol. The number of nitrogens with zero attached hydrogens (tertiary/aromatic N) is 1. The topological polar surface area (TPSA) is 55.3 Å². The molecule has 0 radical (unpaired) electrons. The van der Waals surface area contributed by atoms with Gasteiger partial charge < -0.3 is 16.4 Å². The minimum Gasteiger partial charge on any atom is -0.351 e. The molecule has 0 spiro atoms. The second kappa shape index (κ2) is 4.81. The first-order chi connectivity index (χ1) is 6.61. The van der Waals surface area contributed by atoms with E-state index in [1.54, 1.807) is 12.4 Å². The second-order valence-electron chi connectivity index (χ2n) is 5.34. The highest BCUT2D eigenvalue weighted by Gasteiger charge is 2.32. The number of hydrogen-bond acceptors (Lipinski definition) is 3. The van der Waals surface area contributed by atoms with Crippen molar-refractivity contribution in [2.45, 2.75) is 51.2 Å². The van der Waals surface area contributed by atoms with Gasteiger partial charge in [0.15, 0.2) is 0 Å². The van der Waals surface area contributed by atoms with Crippen molar-refractivity contribution in [3.63, 3.8) is 0 Å². The largest absolute Gasteiger partial charge is 0.351 e. The molecule has 0 saturated carbocycles. The van der Waals surface area contributed by atoms with Gasteiger partial charge in [0.05, 0.1) is 6.04 Å². The molecule has 3 heteroatoms. The van der Waals surface area contributed by atoms with Crippen molar-refractivity contribution in [2.24, 2.45) is 11.5 Å². The molecule has 88 valence electrons. The van der Waals surface area contributed by atoms with E-state index in [0.29, 0.717) is 0 Å². The van der Waals surface area contributed by atoms with Crippen molar-refractivity contribution < 1.29 is 0 Å². The molecule has 0 aromatic heterocycles. The minimum absolute atomic E-state index is 0.104. The monoisotopic (exact) mass is 211 g/mol. The Kier molecular flexibility index (Phi) is 4.56. The van der Waals surface area contributed by atoms with Gasteiger partial charge in [0.25, 0.3) is 0 Å². The van der Waals surface area contributed by atoms with E-state index < -0.39 is 0 Å². The molecule has 1 atom stereocenters. The van der Waals surface area contributed by atoms with Gasteiger partial charge in [-0.05, 0) is 46.5 Å². The average Bonchev–Trinajstić information content (AvgIpc) is 2.01. The van der Waals surface area contributed by atoms with Crippen LogP contribution in [0.2, 0.25) is 0 Å². The molecular formula is C12H25N3. The summed E-state index contributed by atoms with van der Waals surface area (Å²) in [6.45, 7) is 15.5. The van der Waals surface area contributed by atoms with Crippen molar-refractivity contribution in [3.8, 4) is 0 Å². The SMILES string of the molecule is C=CN(C=C)C(CC(C)(C)N)C(C)(C)N. The second-order valence-corrected chi connectivity index (χ2v) is 5.34. The van der Waals surface area contributed by atoms with Crippen LogP contribution in [0.25, 0.3) is 0 Å². The lowest BCUT2D eigenvalue weighted by atomic mass is 9.84. The van der Waals surface area contributed by atoms with E-state index in [-0.39, 0.29) is 17.1 Å². The van der Waals surface area contributed by atoms with Gasteiger partial charge >= 0.3 is 0 Å². The maximum absolute atomic E-state index is 6.15. The van der Waals surface area contributed by atoms with Crippen LogP contribution in [0.3, 0.4) is 0 Å². The lowest BCUT2D eigenvalue weighted by molar-refractivity contribution is 0.201. The van der Waals surface area contributed by atoms with E-state index in [9.17, 15) is 0 Å². The highest BCUT2D eigenvalue weighted by molar-refractivity contribution is 5.00. The van der Waals surface area contributed by atoms with E-state index in [0.717, 1.165) is 6.42 Å². The average molecular weight is 211 g/mol. The first-order valence-corrected chi connectivity index (χ1v) is 5.22. The standard InChI is InChI=1S/C12H25N3/c1-7-15(8-2)10(12(5,6)14)9-11(3,4)13/h7-8,10H,1-2,9,13-14H2,3-6H3. The number of nitrogens with two attached hydrogens (primary N) is 2. The zero-order valence-corrected chi connectivity index (χ0v) is 10.5. The normalized spacial score (nSPS) is 14.5. The third-order valence-electron chi connectivity index (χ3n) is 2.36. The Morgan fingerprint density at radius 3 is 1.73 bits per heavy atom. The van der Waals surface area contributed by atoms with Crippen molar-refractivity contribution >= 4 is 0 Å². The van der Waals surface area contributed by atoms with E-state index >= 15 is 0 Å². The lowest BCUT2D eigenvalue weighted by Gasteiger charge is -2.40. The smallest absolute Gasteiger partial charge is 0.0521 e. The molecule has 0 saturated heterocycles. The van der Waals surface area contributed by atoms with Crippen molar-refractivity contribution in [3.05, 3.63) is 25.6 Å². The van der Waals surface area contributed by atoms with Crippen molar-refractivity contribution in [1.29, 1.82) is 0 Å². The van der Waals surface area contributed by atoms with Crippen LogP contribution in [0.4, 0.5) is 0 Å². The van der Waals surface area contributed by atoms with Crippen LogP contribution < -0.4 is 11.5 Å². The molecule has 15 heavy (non-hydrogen) atoms. The zero-order valence-electron chi connectivity index (χ0n) is 10.5. The first kappa shape index (κ1) is 14.2. The Labute approximate surface area is 93.8 Å². The van der Waals surface area contributed by atoms with Crippen molar-refractivity contribution in [2.75, 3.05) is 0 Å². The summed E-state index contributed by atoms with van der Waals surface area (Å²) >= 11 is 0. The summed E-state index contributed by atoms with van der Waals surface area (Å²) in [5, 5.41) is 0. The quantitative estimate of drug-likeness (QED) is 0.704. The summed E-state index contributed by atoms with van der Waals surface area (Å²) in [4.78, 5) is 1.93. The van der Waals surface area contributed by atoms with Gasteiger partial charge in [-0.1, -0.05) is 13.2 Å². The predicted molar refractivity (Wildman–Crippen MR) is 67.2 cm³/mol. The molecule has 0 aromatic carbocycles. The highest BCUT2D eigenvalue weighted by Crippen LogP contribution is 2.22. The van der Waals surface area contributed by atoms with E-state index in [2.05, 4.69) is 13.2 Å². The van der Waals surface area contributed by atoms with Crippen LogP contribution in [0.5, 0.6) is 0 Å². The summed E-state index contributed by atoms with van der Waals surface area (Å²) in [5.74, 6) is 0. The van der Waals surface area contributed by atoms with E-state index in [1.807, 2.05) is 32.6 Å². The minimum atomic E-state index is -0.348. The van der Waals surface area contributed by atoms with Crippen molar-refractivity contribution in [1.82, 2.24) is 4.90 Å². The zero-order chi connectivity index (χ0) is 12.3. The Balaban J connectivity index is 4.89. The molecule has 0 rings (SSSR count). The fraction of sp³-hybridized carbons (Fsp3) is 0.667. The highest BCUT2D eigenvalue weighted by atomic mass is 15.2. The third-order valence-corrected chi connectivity index (χ3v) is 2.36. The number of hydrogen-bond donors (Lipinski definition) is 2. The van der Waals surface area contributed by atoms with Gasteiger partial charge in [0.2, 0.25) is 0 Å². The molecule has 3 nitrogen and oxygen atoms in total. The third kappa shape index (κ3) is 5.00. The molecule has 0 aliphatic rings. The van der Waals surface area contributed by atoms with Crippen LogP contribution in [0.1, 0.15) is 34.1 Å². The molecule has 0 aliphatic carbocycles. The summed E-state index contributed by atoms with van der Waals surface area (Å²) < 4.78 is 0. The van der Waals surface area contributed by atoms with Crippen LogP contribution in [0.15, 0.2) is 25.6 Å². The molecule has 0 heterocycles.